The number of likely N-dealkylation sites (tertiary alicyclic amines) is 2. The summed E-state index contributed by atoms with van der Waals surface area (Å²) >= 11 is 0. The zero-order valence-electron chi connectivity index (χ0n) is 14.0. The van der Waals surface area contributed by atoms with Crippen molar-refractivity contribution in [2.75, 3.05) is 19.6 Å². The molecule has 2 aliphatic rings. The van der Waals surface area contributed by atoms with Gasteiger partial charge < -0.3 is 14.9 Å². The third-order valence-electron chi connectivity index (χ3n) is 4.96. The number of aliphatic carboxylic acids is 1. The summed E-state index contributed by atoms with van der Waals surface area (Å²) in [4.78, 5) is 39.5. The minimum atomic E-state index is -0.765. The monoisotopic (exact) mass is 324 g/mol. The van der Waals surface area contributed by atoms with Gasteiger partial charge in [0.25, 0.3) is 0 Å². The topological polar surface area (TPSA) is 77.9 Å². The molecule has 0 radical (unpaired) electrons. The summed E-state index contributed by atoms with van der Waals surface area (Å²) in [6.07, 6.45) is 5.69. The predicted molar refractivity (Wildman–Crippen MR) is 85.8 cm³/mol. The highest BCUT2D eigenvalue weighted by molar-refractivity contribution is 5.88. The van der Waals surface area contributed by atoms with Gasteiger partial charge in [-0.15, -0.1) is 0 Å². The van der Waals surface area contributed by atoms with E-state index in [9.17, 15) is 14.4 Å². The molecule has 2 heterocycles. The van der Waals surface area contributed by atoms with Gasteiger partial charge in [-0.25, -0.2) is 0 Å². The maximum absolute atomic E-state index is 12.8. The summed E-state index contributed by atoms with van der Waals surface area (Å²) < 4.78 is 0. The number of carboxylic acids is 1. The number of nitrogens with zero attached hydrogens (tertiary/aromatic N) is 2. The Labute approximate surface area is 137 Å². The summed E-state index contributed by atoms with van der Waals surface area (Å²) in [5.41, 5.74) is 0. The van der Waals surface area contributed by atoms with Crippen LogP contribution in [0.15, 0.2) is 0 Å². The molecule has 0 aliphatic carbocycles. The molecule has 23 heavy (non-hydrogen) atoms. The third kappa shape index (κ3) is 4.69. The SMILES string of the molecule is CCCC(=O)N1CCCCC1C(=O)N1CCC(CC(=O)O)CC1. The molecule has 0 aromatic carbocycles. The molecule has 1 N–H and O–H groups in total. The Morgan fingerprint density at radius 1 is 1.04 bits per heavy atom. The van der Waals surface area contributed by atoms with Crippen molar-refractivity contribution in [3.8, 4) is 0 Å². The molecular formula is C17H28N2O4. The van der Waals surface area contributed by atoms with Gasteiger partial charge in [-0.05, 0) is 44.4 Å². The van der Waals surface area contributed by atoms with Crippen molar-refractivity contribution < 1.29 is 19.5 Å². The first-order chi connectivity index (χ1) is 11.0. The van der Waals surface area contributed by atoms with E-state index in [0.717, 1.165) is 38.5 Å². The normalized spacial score (nSPS) is 22.9. The molecule has 0 saturated carbocycles. The van der Waals surface area contributed by atoms with E-state index in [1.54, 1.807) is 4.90 Å². The van der Waals surface area contributed by atoms with Crippen LogP contribution in [-0.2, 0) is 14.4 Å². The lowest BCUT2D eigenvalue weighted by molar-refractivity contribution is -0.149. The van der Waals surface area contributed by atoms with Gasteiger partial charge in [0, 0.05) is 32.5 Å². The van der Waals surface area contributed by atoms with E-state index in [1.165, 1.54) is 0 Å². The fraction of sp³-hybridized carbons (Fsp3) is 0.824. The molecule has 2 fully saturated rings. The number of hydrogen-bond donors (Lipinski definition) is 1. The van der Waals surface area contributed by atoms with Crippen molar-refractivity contribution in [1.29, 1.82) is 0 Å². The van der Waals surface area contributed by atoms with Crippen LogP contribution in [-0.4, -0.2) is 58.4 Å². The molecule has 2 saturated heterocycles. The smallest absolute Gasteiger partial charge is 0.303 e. The minimum Gasteiger partial charge on any atom is -0.481 e. The standard InChI is InChI=1S/C17H28N2O4/c1-2-5-15(20)19-9-4-3-6-14(19)17(23)18-10-7-13(8-11-18)12-16(21)22/h13-14H,2-12H2,1H3,(H,21,22). The van der Waals surface area contributed by atoms with Gasteiger partial charge in [0.1, 0.15) is 6.04 Å². The highest BCUT2D eigenvalue weighted by Crippen LogP contribution is 2.25. The lowest BCUT2D eigenvalue weighted by Gasteiger charge is -2.40. The molecule has 1 atom stereocenters. The predicted octanol–water partition coefficient (Wildman–Crippen LogP) is 1.88. The molecule has 2 rings (SSSR count). The fourth-order valence-electron chi connectivity index (χ4n) is 3.66. The van der Waals surface area contributed by atoms with E-state index in [4.69, 9.17) is 5.11 Å². The number of carbonyl (C=O) groups excluding carboxylic acids is 2. The Hall–Kier alpha value is -1.59. The lowest BCUT2D eigenvalue weighted by atomic mass is 9.92. The Morgan fingerprint density at radius 2 is 1.74 bits per heavy atom. The first kappa shape index (κ1) is 17.8. The third-order valence-corrected chi connectivity index (χ3v) is 4.96. The molecule has 2 aliphatic heterocycles. The Morgan fingerprint density at radius 3 is 2.35 bits per heavy atom. The summed E-state index contributed by atoms with van der Waals surface area (Å²) in [7, 11) is 0. The van der Waals surface area contributed by atoms with Crippen molar-refractivity contribution in [1.82, 2.24) is 9.80 Å². The average Bonchev–Trinajstić information content (AvgIpc) is 2.54. The largest absolute Gasteiger partial charge is 0.481 e. The van der Waals surface area contributed by atoms with Gasteiger partial charge >= 0.3 is 5.97 Å². The van der Waals surface area contributed by atoms with Crippen LogP contribution in [0, 0.1) is 5.92 Å². The molecule has 0 aromatic heterocycles. The molecule has 0 aromatic rings. The summed E-state index contributed by atoms with van der Waals surface area (Å²) in [5.74, 6) is -0.451. The second kappa shape index (κ2) is 8.31. The van der Waals surface area contributed by atoms with Gasteiger partial charge in [-0.2, -0.15) is 0 Å². The highest BCUT2D eigenvalue weighted by Gasteiger charge is 2.35. The molecule has 0 bridgehead atoms. The summed E-state index contributed by atoms with van der Waals surface area (Å²) in [6, 6.07) is -0.307. The van der Waals surface area contributed by atoms with Crippen molar-refractivity contribution in [3.63, 3.8) is 0 Å². The number of piperidine rings is 2. The Bertz CT molecular complexity index is 444. The summed E-state index contributed by atoms with van der Waals surface area (Å²) in [5, 5.41) is 8.87. The van der Waals surface area contributed by atoms with Crippen LogP contribution in [0.25, 0.3) is 0 Å². The zero-order valence-corrected chi connectivity index (χ0v) is 14.0. The molecular weight excluding hydrogens is 296 g/mol. The second-order valence-corrected chi connectivity index (χ2v) is 6.72. The van der Waals surface area contributed by atoms with Gasteiger partial charge in [-0.3, -0.25) is 14.4 Å². The van der Waals surface area contributed by atoms with Crippen molar-refractivity contribution in [2.24, 2.45) is 5.92 Å². The first-order valence-corrected chi connectivity index (χ1v) is 8.83. The quantitative estimate of drug-likeness (QED) is 0.837. The molecule has 6 nitrogen and oxygen atoms in total. The molecule has 6 heteroatoms. The zero-order chi connectivity index (χ0) is 16.8. The van der Waals surface area contributed by atoms with Crippen LogP contribution in [0.1, 0.15) is 58.3 Å². The van der Waals surface area contributed by atoms with Gasteiger partial charge in [0.05, 0.1) is 0 Å². The van der Waals surface area contributed by atoms with Gasteiger partial charge in [0.15, 0.2) is 0 Å². The van der Waals surface area contributed by atoms with Crippen LogP contribution >= 0.6 is 0 Å². The first-order valence-electron chi connectivity index (χ1n) is 8.83. The number of hydrogen-bond acceptors (Lipinski definition) is 3. The van der Waals surface area contributed by atoms with E-state index in [-0.39, 0.29) is 30.2 Å². The lowest BCUT2D eigenvalue weighted by Crippen LogP contribution is -2.54. The van der Waals surface area contributed by atoms with Crippen molar-refractivity contribution in [2.45, 2.75) is 64.3 Å². The number of carbonyl (C=O) groups is 3. The molecule has 1 unspecified atom stereocenters. The maximum Gasteiger partial charge on any atom is 0.303 e. The molecule has 130 valence electrons. The van der Waals surface area contributed by atoms with Crippen LogP contribution in [0.3, 0.4) is 0 Å². The average molecular weight is 324 g/mol. The summed E-state index contributed by atoms with van der Waals surface area (Å²) in [6.45, 7) is 3.89. The van der Waals surface area contributed by atoms with Gasteiger partial charge in [0.2, 0.25) is 11.8 Å². The molecule has 0 spiro atoms. The van der Waals surface area contributed by atoms with E-state index in [2.05, 4.69) is 0 Å². The second-order valence-electron chi connectivity index (χ2n) is 6.72. The molecule has 2 amide bonds. The van der Waals surface area contributed by atoms with Crippen LogP contribution < -0.4 is 0 Å². The van der Waals surface area contributed by atoms with Crippen LogP contribution in [0.4, 0.5) is 0 Å². The van der Waals surface area contributed by atoms with Crippen molar-refractivity contribution in [3.05, 3.63) is 0 Å². The Balaban J connectivity index is 1.93. The van der Waals surface area contributed by atoms with E-state index in [1.807, 2.05) is 11.8 Å². The highest BCUT2D eigenvalue weighted by atomic mass is 16.4. The fourth-order valence-corrected chi connectivity index (χ4v) is 3.66. The Kier molecular flexibility index (Phi) is 6.42. The van der Waals surface area contributed by atoms with Crippen molar-refractivity contribution >= 4 is 17.8 Å². The number of amides is 2. The van der Waals surface area contributed by atoms with Gasteiger partial charge in [-0.1, -0.05) is 6.92 Å². The van der Waals surface area contributed by atoms with E-state index < -0.39 is 5.97 Å². The minimum absolute atomic E-state index is 0.0583. The van der Waals surface area contributed by atoms with Crippen LogP contribution in [0.5, 0.6) is 0 Å². The number of carboxylic acid groups (broad SMARTS) is 1. The van der Waals surface area contributed by atoms with E-state index in [0.29, 0.717) is 26.1 Å². The van der Waals surface area contributed by atoms with E-state index >= 15 is 0 Å². The number of rotatable bonds is 5. The van der Waals surface area contributed by atoms with Crippen LogP contribution in [0.2, 0.25) is 0 Å². The maximum atomic E-state index is 12.8.